The summed E-state index contributed by atoms with van der Waals surface area (Å²) in [4.78, 5) is 34.8. The van der Waals surface area contributed by atoms with Crippen molar-refractivity contribution in [3.8, 4) is 0 Å². The Morgan fingerprint density at radius 2 is 1.83 bits per heavy atom. The number of amides is 3. The van der Waals surface area contributed by atoms with E-state index < -0.39 is 6.04 Å². The SMILES string of the molecule is Cc1nc2ccccc2nc1CN1C(=O)N[C@H](CC(C)C)C1=O. The molecular weight excluding hydrogens is 292 g/mol. The Morgan fingerprint density at radius 1 is 1.17 bits per heavy atom. The van der Waals surface area contributed by atoms with Crippen LogP contribution in [-0.2, 0) is 11.3 Å². The van der Waals surface area contributed by atoms with Gasteiger partial charge in [0.05, 0.1) is 29.0 Å². The van der Waals surface area contributed by atoms with Gasteiger partial charge in [-0.25, -0.2) is 14.8 Å². The van der Waals surface area contributed by atoms with Gasteiger partial charge in [-0.1, -0.05) is 26.0 Å². The Balaban J connectivity index is 1.85. The number of urea groups is 1. The summed E-state index contributed by atoms with van der Waals surface area (Å²) in [6.45, 7) is 6.06. The number of benzene rings is 1. The molecule has 1 N–H and O–H groups in total. The predicted molar refractivity (Wildman–Crippen MR) is 86.6 cm³/mol. The molecule has 0 saturated carbocycles. The van der Waals surface area contributed by atoms with E-state index in [1.54, 1.807) is 0 Å². The van der Waals surface area contributed by atoms with Crippen LogP contribution in [-0.4, -0.2) is 32.8 Å². The minimum absolute atomic E-state index is 0.156. The molecule has 23 heavy (non-hydrogen) atoms. The molecule has 0 aliphatic carbocycles. The van der Waals surface area contributed by atoms with Crippen molar-refractivity contribution in [2.75, 3.05) is 0 Å². The van der Waals surface area contributed by atoms with Gasteiger partial charge in [-0.05, 0) is 31.4 Å². The van der Waals surface area contributed by atoms with E-state index in [4.69, 9.17) is 0 Å². The maximum absolute atomic E-state index is 12.4. The molecule has 0 bridgehead atoms. The van der Waals surface area contributed by atoms with Gasteiger partial charge in [-0.15, -0.1) is 0 Å². The molecule has 1 aliphatic rings. The lowest BCUT2D eigenvalue weighted by atomic mass is 10.0. The summed E-state index contributed by atoms with van der Waals surface area (Å²) in [6.07, 6.45) is 0.642. The number of hydrogen-bond acceptors (Lipinski definition) is 4. The average molecular weight is 312 g/mol. The van der Waals surface area contributed by atoms with Crippen molar-refractivity contribution in [3.63, 3.8) is 0 Å². The molecule has 0 unspecified atom stereocenters. The molecule has 2 heterocycles. The van der Waals surface area contributed by atoms with E-state index in [0.717, 1.165) is 16.7 Å². The number of nitrogens with one attached hydrogen (secondary N) is 1. The van der Waals surface area contributed by atoms with Gasteiger partial charge in [-0.2, -0.15) is 0 Å². The standard InChI is InChI=1S/C17H20N4O2/c1-10(2)8-14-16(22)21(17(23)20-14)9-15-11(3)18-12-6-4-5-7-13(12)19-15/h4-7,10,14H,8-9H2,1-3H3,(H,20,23)/t14-/m1/s1. The number of para-hydroxylation sites is 2. The van der Waals surface area contributed by atoms with Crippen molar-refractivity contribution < 1.29 is 9.59 Å². The molecule has 1 fully saturated rings. The normalized spacial score (nSPS) is 18.1. The molecule has 3 amide bonds. The number of carbonyl (C=O) groups is 2. The Hall–Kier alpha value is -2.50. The third kappa shape index (κ3) is 3.02. The largest absolute Gasteiger partial charge is 0.326 e. The highest BCUT2D eigenvalue weighted by atomic mass is 16.2. The topological polar surface area (TPSA) is 75.2 Å². The van der Waals surface area contributed by atoms with Crippen molar-refractivity contribution in [1.29, 1.82) is 0 Å². The van der Waals surface area contributed by atoms with Crippen molar-refractivity contribution in [2.45, 2.75) is 39.8 Å². The van der Waals surface area contributed by atoms with Crippen LogP contribution in [0.15, 0.2) is 24.3 Å². The van der Waals surface area contributed by atoms with Gasteiger partial charge in [0.25, 0.3) is 5.91 Å². The first-order valence-electron chi connectivity index (χ1n) is 7.80. The Labute approximate surface area is 134 Å². The first-order valence-corrected chi connectivity index (χ1v) is 7.80. The van der Waals surface area contributed by atoms with Crippen LogP contribution < -0.4 is 5.32 Å². The zero-order chi connectivity index (χ0) is 16.6. The van der Waals surface area contributed by atoms with Gasteiger partial charge >= 0.3 is 6.03 Å². The Kier molecular flexibility index (Phi) is 3.98. The van der Waals surface area contributed by atoms with Crippen molar-refractivity contribution >= 4 is 23.0 Å². The van der Waals surface area contributed by atoms with Gasteiger partial charge in [0.2, 0.25) is 0 Å². The molecule has 6 heteroatoms. The van der Waals surface area contributed by atoms with Crippen molar-refractivity contribution in [3.05, 3.63) is 35.7 Å². The fraction of sp³-hybridized carbons (Fsp3) is 0.412. The highest BCUT2D eigenvalue weighted by Crippen LogP contribution is 2.19. The molecular formula is C17H20N4O2. The lowest BCUT2D eigenvalue weighted by Crippen LogP contribution is -2.32. The first kappa shape index (κ1) is 15.4. The van der Waals surface area contributed by atoms with Crippen LogP contribution in [0.2, 0.25) is 0 Å². The first-order chi connectivity index (χ1) is 11.0. The third-order valence-corrected chi connectivity index (χ3v) is 3.96. The summed E-state index contributed by atoms with van der Waals surface area (Å²) in [7, 11) is 0. The number of imide groups is 1. The maximum Gasteiger partial charge on any atom is 0.325 e. The number of fused-ring (bicyclic) bond motifs is 1. The van der Waals surface area contributed by atoms with Gasteiger partial charge in [-0.3, -0.25) is 9.69 Å². The molecule has 1 aliphatic heterocycles. The smallest absolute Gasteiger partial charge is 0.325 e. The predicted octanol–water partition coefficient (Wildman–Crippen LogP) is 2.40. The maximum atomic E-state index is 12.4. The number of aromatic nitrogens is 2. The van der Waals surface area contributed by atoms with Crippen LogP contribution in [0.1, 0.15) is 31.7 Å². The lowest BCUT2D eigenvalue weighted by Gasteiger charge is -2.15. The summed E-state index contributed by atoms with van der Waals surface area (Å²) in [5.41, 5.74) is 2.96. The van der Waals surface area contributed by atoms with E-state index >= 15 is 0 Å². The second kappa shape index (κ2) is 5.95. The number of hydrogen-bond donors (Lipinski definition) is 1. The molecule has 3 rings (SSSR count). The van der Waals surface area contributed by atoms with Crippen LogP contribution in [0.4, 0.5) is 4.79 Å². The summed E-state index contributed by atoms with van der Waals surface area (Å²) in [5.74, 6) is 0.157. The highest BCUT2D eigenvalue weighted by molar-refractivity contribution is 6.04. The van der Waals surface area contributed by atoms with Crippen molar-refractivity contribution in [1.82, 2.24) is 20.2 Å². The summed E-state index contributed by atoms with van der Waals surface area (Å²) < 4.78 is 0. The highest BCUT2D eigenvalue weighted by Gasteiger charge is 2.38. The molecule has 0 radical (unpaired) electrons. The average Bonchev–Trinajstić information content (AvgIpc) is 2.75. The van der Waals surface area contributed by atoms with Gasteiger partial charge < -0.3 is 5.32 Å². The number of carbonyl (C=O) groups excluding carboxylic acids is 2. The van der Waals surface area contributed by atoms with Crippen LogP contribution in [0.3, 0.4) is 0 Å². The van der Waals surface area contributed by atoms with Crippen LogP contribution in [0, 0.1) is 12.8 Å². The fourth-order valence-electron chi connectivity index (χ4n) is 2.78. The molecule has 1 saturated heterocycles. The molecule has 0 spiro atoms. The number of aryl methyl sites for hydroxylation is 1. The van der Waals surface area contributed by atoms with Crippen molar-refractivity contribution in [2.24, 2.45) is 5.92 Å². The fourth-order valence-corrected chi connectivity index (χ4v) is 2.78. The molecule has 1 atom stereocenters. The number of nitrogens with zero attached hydrogens (tertiary/aromatic N) is 3. The number of rotatable bonds is 4. The minimum atomic E-state index is -0.434. The summed E-state index contributed by atoms with van der Waals surface area (Å²) >= 11 is 0. The van der Waals surface area contributed by atoms with E-state index in [0.29, 0.717) is 18.0 Å². The second-order valence-corrected chi connectivity index (χ2v) is 6.30. The molecule has 6 nitrogen and oxygen atoms in total. The quantitative estimate of drug-likeness (QED) is 0.880. The molecule has 120 valence electrons. The molecule has 2 aromatic rings. The van der Waals surface area contributed by atoms with Gasteiger partial charge in [0.15, 0.2) is 0 Å². The van der Waals surface area contributed by atoms with E-state index in [1.165, 1.54) is 4.90 Å². The molecule has 1 aromatic heterocycles. The van der Waals surface area contributed by atoms with Crippen LogP contribution in [0.5, 0.6) is 0 Å². The zero-order valence-corrected chi connectivity index (χ0v) is 13.5. The van der Waals surface area contributed by atoms with Crippen LogP contribution in [0.25, 0.3) is 11.0 Å². The summed E-state index contributed by atoms with van der Waals surface area (Å²) in [6, 6.07) is 6.78. The van der Waals surface area contributed by atoms with E-state index in [9.17, 15) is 9.59 Å². The monoisotopic (exact) mass is 312 g/mol. The summed E-state index contributed by atoms with van der Waals surface area (Å²) in [5, 5.41) is 2.75. The Morgan fingerprint density at radius 3 is 2.48 bits per heavy atom. The van der Waals surface area contributed by atoms with E-state index in [2.05, 4.69) is 15.3 Å². The zero-order valence-electron chi connectivity index (χ0n) is 13.5. The van der Waals surface area contributed by atoms with Gasteiger partial charge in [0, 0.05) is 0 Å². The molecule has 1 aromatic carbocycles. The lowest BCUT2D eigenvalue weighted by molar-refractivity contribution is -0.128. The third-order valence-electron chi connectivity index (χ3n) is 3.96. The van der Waals surface area contributed by atoms with Crippen LogP contribution >= 0.6 is 0 Å². The minimum Gasteiger partial charge on any atom is -0.326 e. The van der Waals surface area contributed by atoms with E-state index in [-0.39, 0.29) is 18.5 Å². The second-order valence-electron chi connectivity index (χ2n) is 6.30. The van der Waals surface area contributed by atoms with Gasteiger partial charge in [0.1, 0.15) is 6.04 Å². The van der Waals surface area contributed by atoms with E-state index in [1.807, 2.05) is 45.0 Å². The Bertz CT molecular complexity index is 772.